The van der Waals surface area contributed by atoms with Gasteiger partial charge in [-0.15, -0.1) is 22.0 Å². The number of thioether (sulfide) groups is 1. The summed E-state index contributed by atoms with van der Waals surface area (Å²) in [5.74, 6) is 1.70. The molecule has 0 bridgehead atoms. The fourth-order valence-corrected chi connectivity index (χ4v) is 4.34. The molecule has 1 unspecified atom stereocenters. The Morgan fingerprint density at radius 1 is 1.32 bits per heavy atom. The average molecular weight is 291 g/mol. The summed E-state index contributed by atoms with van der Waals surface area (Å²) in [7, 11) is 0. The SMILES string of the molecule is CC(C)Cc1nnc(NC2CSc3ccccc32)s1. The van der Waals surface area contributed by atoms with Crippen molar-refractivity contribution >= 4 is 28.2 Å². The molecule has 0 aliphatic carbocycles. The van der Waals surface area contributed by atoms with Gasteiger partial charge in [-0.3, -0.25) is 0 Å². The van der Waals surface area contributed by atoms with Crippen LogP contribution in [0.15, 0.2) is 29.2 Å². The van der Waals surface area contributed by atoms with Crippen LogP contribution >= 0.6 is 23.1 Å². The van der Waals surface area contributed by atoms with Crippen LogP contribution in [-0.4, -0.2) is 16.0 Å². The van der Waals surface area contributed by atoms with E-state index >= 15 is 0 Å². The van der Waals surface area contributed by atoms with Crippen LogP contribution in [0.3, 0.4) is 0 Å². The first kappa shape index (κ1) is 12.9. The molecular weight excluding hydrogens is 274 g/mol. The Hall–Kier alpha value is -1.07. The highest BCUT2D eigenvalue weighted by Gasteiger charge is 2.23. The van der Waals surface area contributed by atoms with E-state index in [0.717, 1.165) is 22.3 Å². The van der Waals surface area contributed by atoms with E-state index < -0.39 is 0 Å². The number of aromatic nitrogens is 2. The second-order valence-electron chi connectivity index (χ2n) is 5.14. The third-order valence-electron chi connectivity index (χ3n) is 3.05. The lowest BCUT2D eigenvalue weighted by atomic mass is 10.1. The molecule has 0 amide bonds. The minimum atomic E-state index is 0.362. The summed E-state index contributed by atoms with van der Waals surface area (Å²) >= 11 is 3.59. The van der Waals surface area contributed by atoms with E-state index in [9.17, 15) is 0 Å². The zero-order valence-electron chi connectivity index (χ0n) is 11.1. The van der Waals surface area contributed by atoms with Crippen LogP contribution in [0, 0.1) is 5.92 Å². The largest absolute Gasteiger partial charge is 0.352 e. The highest BCUT2D eigenvalue weighted by atomic mass is 32.2. The number of hydrogen-bond donors (Lipinski definition) is 1. The molecule has 2 aromatic rings. The fraction of sp³-hybridized carbons (Fsp3) is 0.429. The number of benzene rings is 1. The molecule has 3 rings (SSSR count). The Balaban J connectivity index is 1.71. The molecule has 1 aliphatic heterocycles. The first-order chi connectivity index (χ1) is 9.22. The summed E-state index contributed by atoms with van der Waals surface area (Å²) in [5.41, 5.74) is 1.38. The second kappa shape index (κ2) is 5.51. The maximum Gasteiger partial charge on any atom is 0.206 e. The van der Waals surface area contributed by atoms with Crippen molar-refractivity contribution < 1.29 is 0 Å². The molecule has 5 heteroatoms. The zero-order chi connectivity index (χ0) is 13.2. The maximum absolute atomic E-state index is 4.25. The van der Waals surface area contributed by atoms with Gasteiger partial charge in [0.2, 0.25) is 5.13 Å². The predicted octanol–water partition coefficient (Wildman–Crippen LogP) is 4.00. The van der Waals surface area contributed by atoms with Crippen LogP contribution in [0.5, 0.6) is 0 Å². The van der Waals surface area contributed by atoms with E-state index in [-0.39, 0.29) is 0 Å². The molecule has 100 valence electrons. The number of hydrogen-bond acceptors (Lipinski definition) is 5. The van der Waals surface area contributed by atoms with E-state index in [4.69, 9.17) is 0 Å². The molecule has 0 spiro atoms. The summed E-state index contributed by atoms with van der Waals surface area (Å²) in [6.07, 6.45) is 1.01. The van der Waals surface area contributed by atoms with Gasteiger partial charge in [0, 0.05) is 17.1 Å². The summed E-state index contributed by atoms with van der Waals surface area (Å²) in [5, 5.41) is 14.1. The van der Waals surface area contributed by atoms with Gasteiger partial charge >= 0.3 is 0 Å². The normalized spacial score (nSPS) is 17.7. The lowest BCUT2D eigenvalue weighted by molar-refractivity contribution is 0.640. The Morgan fingerprint density at radius 3 is 3.00 bits per heavy atom. The molecule has 1 aromatic carbocycles. The van der Waals surface area contributed by atoms with Gasteiger partial charge in [-0.25, -0.2) is 0 Å². The van der Waals surface area contributed by atoms with Gasteiger partial charge in [0.15, 0.2) is 0 Å². The predicted molar refractivity (Wildman–Crippen MR) is 82.0 cm³/mol. The number of anilines is 1. The van der Waals surface area contributed by atoms with Gasteiger partial charge in [0.25, 0.3) is 0 Å². The molecule has 1 aliphatic rings. The minimum absolute atomic E-state index is 0.362. The van der Waals surface area contributed by atoms with Crippen molar-refractivity contribution in [3.05, 3.63) is 34.8 Å². The van der Waals surface area contributed by atoms with Crippen molar-refractivity contribution in [2.24, 2.45) is 5.92 Å². The molecule has 0 saturated carbocycles. The Morgan fingerprint density at radius 2 is 2.16 bits per heavy atom. The monoisotopic (exact) mass is 291 g/mol. The quantitative estimate of drug-likeness (QED) is 0.924. The summed E-state index contributed by atoms with van der Waals surface area (Å²) in [4.78, 5) is 1.38. The summed E-state index contributed by atoms with van der Waals surface area (Å²) in [6.45, 7) is 4.41. The summed E-state index contributed by atoms with van der Waals surface area (Å²) < 4.78 is 0. The Labute approximate surface area is 121 Å². The zero-order valence-corrected chi connectivity index (χ0v) is 12.7. The van der Waals surface area contributed by atoms with Crippen molar-refractivity contribution in [1.29, 1.82) is 0 Å². The average Bonchev–Trinajstić information content (AvgIpc) is 2.97. The second-order valence-corrected chi connectivity index (χ2v) is 7.27. The maximum atomic E-state index is 4.25. The molecule has 3 nitrogen and oxygen atoms in total. The van der Waals surface area contributed by atoms with Crippen LogP contribution in [-0.2, 0) is 6.42 Å². The van der Waals surface area contributed by atoms with Crippen molar-refractivity contribution in [2.45, 2.75) is 31.2 Å². The summed E-state index contributed by atoms with van der Waals surface area (Å²) in [6, 6.07) is 8.94. The van der Waals surface area contributed by atoms with Crippen molar-refractivity contribution in [1.82, 2.24) is 10.2 Å². The number of nitrogens with one attached hydrogen (secondary N) is 1. The van der Waals surface area contributed by atoms with Gasteiger partial charge in [0.05, 0.1) is 6.04 Å². The number of fused-ring (bicyclic) bond motifs is 1. The third kappa shape index (κ3) is 2.92. The molecule has 0 radical (unpaired) electrons. The van der Waals surface area contributed by atoms with Gasteiger partial charge in [0.1, 0.15) is 5.01 Å². The molecule has 1 atom stereocenters. The van der Waals surface area contributed by atoms with Gasteiger partial charge in [-0.2, -0.15) is 0 Å². The molecule has 0 saturated heterocycles. The lowest BCUT2D eigenvalue weighted by Gasteiger charge is -2.11. The van der Waals surface area contributed by atoms with E-state index in [1.165, 1.54) is 10.5 Å². The van der Waals surface area contributed by atoms with Crippen LogP contribution in [0.25, 0.3) is 0 Å². The molecule has 1 N–H and O–H groups in total. The van der Waals surface area contributed by atoms with E-state index in [0.29, 0.717) is 12.0 Å². The molecule has 19 heavy (non-hydrogen) atoms. The molecule has 2 heterocycles. The minimum Gasteiger partial charge on any atom is -0.352 e. The van der Waals surface area contributed by atoms with E-state index in [2.05, 4.69) is 53.6 Å². The Bertz CT molecular complexity index is 565. The van der Waals surface area contributed by atoms with Crippen LogP contribution in [0.2, 0.25) is 0 Å². The van der Waals surface area contributed by atoms with Gasteiger partial charge in [-0.1, -0.05) is 43.4 Å². The fourth-order valence-electron chi connectivity index (χ4n) is 2.17. The topological polar surface area (TPSA) is 37.8 Å². The van der Waals surface area contributed by atoms with Crippen LogP contribution < -0.4 is 5.32 Å². The molecular formula is C14H17N3S2. The van der Waals surface area contributed by atoms with E-state index in [1.54, 1.807) is 11.3 Å². The first-order valence-corrected chi connectivity index (χ1v) is 8.33. The van der Waals surface area contributed by atoms with Crippen molar-refractivity contribution in [2.75, 3.05) is 11.1 Å². The molecule has 0 fully saturated rings. The van der Waals surface area contributed by atoms with Crippen molar-refractivity contribution in [3.8, 4) is 0 Å². The highest BCUT2D eigenvalue weighted by molar-refractivity contribution is 7.99. The highest BCUT2D eigenvalue weighted by Crippen LogP contribution is 2.39. The van der Waals surface area contributed by atoms with Crippen LogP contribution in [0.4, 0.5) is 5.13 Å². The Kier molecular flexibility index (Phi) is 3.75. The van der Waals surface area contributed by atoms with E-state index in [1.807, 2.05) is 11.8 Å². The van der Waals surface area contributed by atoms with Gasteiger partial charge < -0.3 is 5.32 Å². The van der Waals surface area contributed by atoms with Gasteiger partial charge in [-0.05, 0) is 17.5 Å². The first-order valence-electron chi connectivity index (χ1n) is 6.53. The smallest absolute Gasteiger partial charge is 0.206 e. The molecule has 1 aromatic heterocycles. The number of nitrogens with zero attached hydrogens (tertiary/aromatic N) is 2. The van der Waals surface area contributed by atoms with Crippen LogP contribution in [0.1, 0.15) is 30.5 Å². The number of rotatable bonds is 4. The van der Waals surface area contributed by atoms with Crippen molar-refractivity contribution in [3.63, 3.8) is 0 Å². The lowest BCUT2D eigenvalue weighted by Crippen LogP contribution is -2.09. The standard InChI is InChI=1S/C14H17N3S2/c1-9(2)7-13-16-17-14(19-13)15-11-8-18-12-6-4-3-5-10(11)12/h3-6,9,11H,7-8H2,1-2H3,(H,15,17). The third-order valence-corrected chi connectivity index (χ3v) is 5.11.